The highest BCUT2D eigenvalue weighted by Gasteiger charge is 2.26. The van der Waals surface area contributed by atoms with Crippen LogP contribution in [0.4, 0.5) is 5.69 Å². The number of amides is 2. The average Bonchev–Trinajstić information content (AvgIpc) is 3.25. The molecule has 5 heteroatoms. The van der Waals surface area contributed by atoms with Crippen molar-refractivity contribution in [2.45, 2.75) is 52.6 Å². The molecule has 1 aromatic rings. The van der Waals surface area contributed by atoms with E-state index in [9.17, 15) is 9.59 Å². The lowest BCUT2D eigenvalue weighted by Crippen LogP contribution is -2.45. The van der Waals surface area contributed by atoms with E-state index in [1.165, 1.54) is 5.56 Å². The van der Waals surface area contributed by atoms with Gasteiger partial charge in [0, 0.05) is 11.7 Å². The van der Waals surface area contributed by atoms with Crippen LogP contribution in [0, 0.1) is 20.8 Å². The van der Waals surface area contributed by atoms with E-state index in [2.05, 4.69) is 22.8 Å². The van der Waals surface area contributed by atoms with Crippen LogP contribution in [0.5, 0.6) is 0 Å². The Balaban J connectivity index is 1.95. The van der Waals surface area contributed by atoms with Gasteiger partial charge >= 0.3 is 0 Å². The summed E-state index contributed by atoms with van der Waals surface area (Å²) in [5.41, 5.74) is 4.15. The van der Waals surface area contributed by atoms with Crippen molar-refractivity contribution in [2.75, 3.05) is 18.9 Å². The van der Waals surface area contributed by atoms with Crippen LogP contribution in [0.1, 0.15) is 36.5 Å². The molecule has 5 nitrogen and oxygen atoms in total. The second-order valence-corrected chi connectivity index (χ2v) is 6.70. The first-order chi connectivity index (χ1) is 10.8. The van der Waals surface area contributed by atoms with Gasteiger partial charge in [-0.2, -0.15) is 0 Å². The van der Waals surface area contributed by atoms with Gasteiger partial charge in [0.1, 0.15) is 0 Å². The maximum Gasteiger partial charge on any atom is 0.241 e. The minimum Gasteiger partial charge on any atom is -0.352 e. The smallest absolute Gasteiger partial charge is 0.241 e. The van der Waals surface area contributed by atoms with Crippen molar-refractivity contribution >= 4 is 17.5 Å². The highest BCUT2D eigenvalue weighted by Crippen LogP contribution is 2.22. The van der Waals surface area contributed by atoms with Crippen molar-refractivity contribution in [3.05, 3.63) is 28.8 Å². The first kappa shape index (κ1) is 17.5. The zero-order chi connectivity index (χ0) is 17.1. The number of carbonyl (C=O) groups is 2. The summed E-state index contributed by atoms with van der Waals surface area (Å²) >= 11 is 0. The number of aryl methyl sites for hydroxylation is 3. The lowest BCUT2D eigenvalue weighted by atomic mass is 10.0. The molecule has 0 heterocycles. The summed E-state index contributed by atoms with van der Waals surface area (Å²) in [5.74, 6) is -0.112. The van der Waals surface area contributed by atoms with Crippen molar-refractivity contribution in [3.8, 4) is 0 Å². The van der Waals surface area contributed by atoms with E-state index in [-0.39, 0.29) is 24.4 Å². The Bertz CT molecular complexity index is 585. The molecule has 0 unspecified atom stereocenters. The summed E-state index contributed by atoms with van der Waals surface area (Å²) in [6, 6.07) is 4.08. The molecule has 0 spiro atoms. The van der Waals surface area contributed by atoms with E-state index in [0.717, 1.165) is 29.7 Å². The fraction of sp³-hybridized carbons (Fsp3) is 0.556. The number of carbonyl (C=O) groups excluding carboxylic acids is 2. The van der Waals surface area contributed by atoms with Gasteiger partial charge in [0.15, 0.2) is 0 Å². The Kier molecular flexibility index (Phi) is 5.42. The number of rotatable bonds is 6. The van der Waals surface area contributed by atoms with Crippen molar-refractivity contribution in [1.82, 2.24) is 10.2 Å². The van der Waals surface area contributed by atoms with E-state index >= 15 is 0 Å². The largest absolute Gasteiger partial charge is 0.352 e. The third-order valence-electron chi connectivity index (χ3n) is 4.30. The quantitative estimate of drug-likeness (QED) is 0.845. The number of anilines is 1. The predicted molar refractivity (Wildman–Crippen MR) is 92.5 cm³/mol. The summed E-state index contributed by atoms with van der Waals surface area (Å²) in [7, 11) is 1.80. The Labute approximate surface area is 138 Å². The second-order valence-electron chi connectivity index (χ2n) is 6.70. The van der Waals surface area contributed by atoms with Gasteiger partial charge in [0.2, 0.25) is 11.8 Å². The average molecular weight is 317 g/mol. The molecular formula is C18H27N3O2. The van der Waals surface area contributed by atoms with E-state index in [1.807, 2.05) is 27.7 Å². The third kappa shape index (κ3) is 4.79. The summed E-state index contributed by atoms with van der Waals surface area (Å²) in [6.07, 6.45) is 2.13. The standard InChI is InChI=1S/C18H27N3O2/c1-11-8-12(2)17(13(3)9-11)20-18(23)14(4)21(5)10-16(22)19-15-6-7-15/h8-9,14-15H,6-7,10H2,1-5H3,(H,19,22)(H,20,23)/t14-/m1/s1. The van der Waals surface area contributed by atoms with Crippen LogP contribution < -0.4 is 10.6 Å². The number of benzene rings is 1. The van der Waals surface area contributed by atoms with Crippen LogP contribution >= 0.6 is 0 Å². The molecule has 1 aliphatic carbocycles. The lowest BCUT2D eigenvalue weighted by molar-refractivity contribution is -0.124. The molecule has 0 bridgehead atoms. The molecule has 23 heavy (non-hydrogen) atoms. The van der Waals surface area contributed by atoms with Gasteiger partial charge in [-0.1, -0.05) is 17.7 Å². The minimum atomic E-state index is -0.375. The molecular weight excluding hydrogens is 290 g/mol. The Hall–Kier alpha value is -1.88. The molecule has 1 saturated carbocycles. The summed E-state index contributed by atoms with van der Waals surface area (Å²) in [6.45, 7) is 8.08. The predicted octanol–water partition coefficient (Wildman–Crippen LogP) is 2.15. The number of nitrogens with zero attached hydrogens (tertiary/aromatic N) is 1. The number of hydrogen-bond donors (Lipinski definition) is 2. The second kappa shape index (κ2) is 7.13. The van der Waals surface area contributed by atoms with E-state index in [1.54, 1.807) is 11.9 Å². The molecule has 126 valence electrons. The van der Waals surface area contributed by atoms with Crippen molar-refractivity contribution in [1.29, 1.82) is 0 Å². The Morgan fingerprint density at radius 3 is 2.30 bits per heavy atom. The summed E-state index contributed by atoms with van der Waals surface area (Å²) in [4.78, 5) is 26.1. The monoisotopic (exact) mass is 317 g/mol. The Morgan fingerprint density at radius 1 is 1.22 bits per heavy atom. The molecule has 0 aliphatic heterocycles. The van der Waals surface area contributed by atoms with Crippen LogP contribution in [0.25, 0.3) is 0 Å². The molecule has 2 rings (SSSR count). The van der Waals surface area contributed by atoms with Crippen LogP contribution in [-0.2, 0) is 9.59 Å². The first-order valence-electron chi connectivity index (χ1n) is 8.16. The normalized spacial score (nSPS) is 15.4. The third-order valence-corrected chi connectivity index (χ3v) is 4.30. The lowest BCUT2D eigenvalue weighted by Gasteiger charge is -2.24. The maximum atomic E-state index is 12.5. The molecule has 1 aromatic carbocycles. The molecule has 0 saturated heterocycles. The number of nitrogens with one attached hydrogen (secondary N) is 2. The van der Waals surface area contributed by atoms with Gasteiger partial charge in [-0.15, -0.1) is 0 Å². The fourth-order valence-corrected chi connectivity index (χ4v) is 2.67. The highest BCUT2D eigenvalue weighted by molar-refractivity contribution is 5.96. The molecule has 0 aromatic heterocycles. The molecule has 1 atom stereocenters. The van der Waals surface area contributed by atoms with Gasteiger partial charge in [0.25, 0.3) is 0 Å². The van der Waals surface area contributed by atoms with Crippen molar-refractivity contribution < 1.29 is 9.59 Å². The molecule has 1 aliphatic rings. The maximum absolute atomic E-state index is 12.5. The Morgan fingerprint density at radius 2 is 1.78 bits per heavy atom. The van der Waals surface area contributed by atoms with E-state index in [4.69, 9.17) is 0 Å². The van der Waals surface area contributed by atoms with Gasteiger partial charge < -0.3 is 10.6 Å². The summed E-state index contributed by atoms with van der Waals surface area (Å²) < 4.78 is 0. The first-order valence-corrected chi connectivity index (χ1v) is 8.16. The minimum absolute atomic E-state index is 0.0163. The van der Waals surface area contributed by atoms with Gasteiger partial charge in [0.05, 0.1) is 12.6 Å². The highest BCUT2D eigenvalue weighted by atomic mass is 16.2. The number of hydrogen-bond acceptors (Lipinski definition) is 3. The molecule has 2 N–H and O–H groups in total. The molecule has 0 radical (unpaired) electrons. The molecule has 1 fully saturated rings. The summed E-state index contributed by atoms with van der Waals surface area (Å²) in [5, 5.41) is 5.94. The van der Waals surface area contributed by atoms with E-state index < -0.39 is 0 Å². The van der Waals surface area contributed by atoms with E-state index in [0.29, 0.717) is 6.04 Å². The SMILES string of the molecule is Cc1cc(C)c(NC(=O)[C@@H](C)N(C)CC(=O)NC2CC2)c(C)c1. The van der Waals surface area contributed by atoms with Crippen molar-refractivity contribution in [3.63, 3.8) is 0 Å². The van der Waals surface area contributed by atoms with Crippen LogP contribution in [0.2, 0.25) is 0 Å². The number of likely N-dealkylation sites (N-methyl/N-ethyl adjacent to an activating group) is 1. The van der Waals surface area contributed by atoms with Gasteiger partial charge in [-0.3, -0.25) is 14.5 Å². The fourth-order valence-electron chi connectivity index (χ4n) is 2.67. The molecule has 2 amide bonds. The van der Waals surface area contributed by atoms with Crippen LogP contribution in [-0.4, -0.2) is 42.4 Å². The van der Waals surface area contributed by atoms with Crippen molar-refractivity contribution in [2.24, 2.45) is 0 Å². The van der Waals surface area contributed by atoms with Crippen LogP contribution in [0.15, 0.2) is 12.1 Å². The van der Waals surface area contributed by atoms with Gasteiger partial charge in [-0.05, 0) is 58.7 Å². The zero-order valence-corrected chi connectivity index (χ0v) is 14.7. The van der Waals surface area contributed by atoms with Crippen LogP contribution in [0.3, 0.4) is 0 Å². The topological polar surface area (TPSA) is 61.4 Å². The van der Waals surface area contributed by atoms with Gasteiger partial charge in [-0.25, -0.2) is 0 Å². The zero-order valence-electron chi connectivity index (χ0n) is 14.7.